The summed E-state index contributed by atoms with van der Waals surface area (Å²) < 4.78 is 40.6. The normalized spacial score (nSPS) is 18.2. The number of likely N-dealkylation sites (tertiary alicyclic amines) is 1. The molecule has 1 saturated heterocycles. The fourth-order valence-corrected chi connectivity index (χ4v) is 5.14. The molecule has 8 heteroatoms. The first-order valence-electron chi connectivity index (χ1n) is 9.62. The van der Waals surface area contributed by atoms with Crippen LogP contribution in [-0.2, 0) is 21.2 Å². The molecule has 0 spiro atoms. The maximum absolute atomic E-state index is 14.2. The van der Waals surface area contributed by atoms with Gasteiger partial charge in [0, 0.05) is 18.7 Å². The molecule has 0 aliphatic carbocycles. The molecule has 2 heterocycles. The third kappa shape index (κ3) is 3.64. The second-order valence-corrected chi connectivity index (χ2v) is 9.22. The van der Waals surface area contributed by atoms with Crippen molar-refractivity contribution in [2.75, 3.05) is 18.1 Å². The van der Waals surface area contributed by atoms with Crippen molar-refractivity contribution in [1.82, 2.24) is 4.90 Å². The summed E-state index contributed by atoms with van der Waals surface area (Å²) in [5.41, 5.74) is 1.56. The lowest BCUT2D eigenvalue weighted by molar-refractivity contribution is -0.124. The molecule has 1 amide bonds. The van der Waals surface area contributed by atoms with Crippen molar-refractivity contribution in [3.8, 4) is 0 Å². The maximum Gasteiger partial charge on any atom is 0.286 e. The van der Waals surface area contributed by atoms with Gasteiger partial charge in [-0.3, -0.25) is 9.80 Å². The van der Waals surface area contributed by atoms with Crippen LogP contribution < -0.4 is 5.01 Å². The average Bonchev–Trinajstić information content (AvgIpc) is 2.71. The summed E-state index contributed by atoms with van der Waals surface area (Å²) in [5, 5.41) is 5.15. The Kier molecular flexibility index (Phi) is 5.12. The fourth-order valence-electron chi connectivity index (χ4n) is 3.68. The molecule has 0 aromatic heterocycles. The lowest BCUT2D eigenvalue weighted by atomic mass is 10.1. The summed E-state index contributed by atoms with van der Waals surface area (Å²) in [4.78, 5) is 14.6. The minimum absolute atomic E-state index is 0.0230. The number of piperidine rings is 1. The van der Waals surface area contributed by atoms with Crippen molar-refractivity contribution in [3.63, 3.8) is 0 Å². The molecular formula is C21H22FN3O3S. The van der Waals surface area contributed by atoms with Gasteiger partial charge in [0.05, 0.1) is 17.1 Å². The molecule has 0 saturated carbocycles. The van der Waals surface area contributed by atoms with Crippen LogP contribution in [0.25, 0.3) is 0 Å². The molecule has 152 valence electrons. The monoisotopic (exact) mass is 415 g/mol. The van der Waals surface area contributed by atoms with E-state index in [-0.39, 0.29) is 11.4 Å². The van der Waals surface area contributed by atoms with Gasteiger partial charge in [-0.1, -0.05) is 24.3 Å². The molecule has 0 radical (unpaired) electrons. The van der Waals surface area contributed by atoms with E-state index < -0.39 is 26.6 Å². The third-order valence-corrected chi connectivity index (χ3v) is 6.94. The van der Waals surface area contributed by atoms with Crippen LogP contribution in [0.15, 0.2) is 52.5 Å². The number of hydrogen-bond donors (Lipinski definition) is 0. The number of aryl methyl sites for hydroxylation is 1. The second kappa shape index (κ2) is 7.59. The van der Waals surface area contributed by atoms with Gasteiger partial charge in [0.2, 0.25) is 14.9 Å². The van der Waals surface area contributed by atoms with Gasteiger partial charge in [0.1, 0.15) is 5.82 Å². The molecule has 0 N–H and O–H groups in total. The van der Waals surface area contributed by atoms with Crippen molar-refractivity contribution in [2.45, 2.75) is 37.6 Å². The zero-order valence-electron chi connectivity index (χ0n) is 16.1. The summed E-state index contributed by atoms with van der Waals surface area (Å²) in [7, 11) is -4.06. The van der Waals surface area contributed by atoms with E-state index >= 15 is 0 Å². The van der Waals surface area contributed by atoms with Gasteiger partial charge in [-0.05, 0) is 49.9 Å². The number of fused-ring (bicyclic) bond motifs is 1. The van der Waals surface area contributed by atoms with Crippen molar-refractivity contribution in [2.24, 2.45) is 5.10 Å². The maximum atomic E-state index is 14.2. The first-order valence-corrected chi connectivity index (χ1v) is 11.1. The summed E-state index contributed by atoms with van der Waals surface area (Å²) in [6.45, 7) is 2.89. The number of anilines is 1. The lowest BCUT2D eigenvalue weighted by Crippen LogP contribution is -2.45. The van der Waals surface area contributed by atoms with Gasteiger partial charge in [0.25, 0.3) is 5.91 Å². The van der Waals surface area contributed by atoms with Gasteiger partial charge in [-0.25, -0.2) is 12.8 Å². The minimum Gasteiger partial charge on any atom is -0.337 e. The first-order chi connectivity index (χ1) is 13.9. The number of hydrogen-bond acceptors (Lipinski definition) is 5. The second-order valence-electron chi connectivity index (χ2n) is 7.38. The predicted molar refractivity (Wildman–Crippen MR) is 109 cm³/mol. The van der Waals surface area contributed by atoms with Crippen LogP contribution in [-0.4, -0.2) is 37.4 Å². The Morgan fingerprint density at radius 3 is 2.55 bits per heavy atom. The molecule has 0 atom stereocenters. The number of carbonyl (C=O) groups is 1. The average molecular weight is 415 g/mol. The molecular weight excluding hydrogens is 393 g/mol. The Morgan fingerprint density at radius 2 is 1.83 bits per heavy atom. The highest BCUT2D eigenvalue weighted by Gasteiger charge is 2.39. The summed E-state index contributed by atoms with van der Waals surface area (Å²) in [5.74, 6) is -0.997. The van der Waals surface area contributed by atoms with Crippen LogP contribution in [0.5, 0.6) is 0 Å². The van der Waals surface area contributed by atoms with E-state index in [0.717, 1.165) is 24.8 Å². The molecule has 2 aromatic carbocycles. The first kappa shape index (κ1) is 19.6. The molecule has 0 unspecified atom stereocenters. The molecule has 2 aliphatic rings. The molecule has 0 bridgehead atoms. The van der Waals surface area contributed by atoms with Crippen molar-refractivity contribution in [3.05, 3.63) is 59.4 Å². The summed E-state index contributed by atoms with van der Waals surface area (Å²) in [6, 6.07) is 11.1. The number of nitrogens with zero attached hydrogens (tertiary/aromatic N) is 3. The molecule has 2 aliphatic heterocycles. The summed E-state index contributed by atoms with van der Waals surface area (Å²) >= 11 is 0. The topological polar surface area (TPSA) is 70.1 Å². The van der Waals surface area contributed by atoms with Crippen molar-refractivity contribution < 1.29 is 17.6 Å². The highest BCUT2D eigenvalue weighted by molar-refractivity contribution is 8.08. The number of amides is 1. The largest absolute Gasteiger partial charge is 0.337 e. The summed E-state index contributed by atoms with van der Waals surface area (Å²) in [6.07, 6.45) is 2.70. The third-order valence-electron chi connectivity index (χ3n) is 5.25. The van der Waals surface area contributed by atoms with E-state index in [0.29, 0.717) is 24.3 Å². The predicted octanol–water partition coefficient (Wildman–Crippen LogP) is 3.25. The number of halogens is 1. The zero-order valence-corrected chi connectivity index (χ0v) is 17.0. The Labute approximate surface area is 169 Å². The van der Waals surface area contributed by atoms with Crippen molar-refractivity contribution >= 4 is 26.5 Å². The van der Waals surface area contributed by atoms with Crippen LogP contribution in [0, 0.1) is 12.7 Å². The minimum atomic E-state index is -4.06. The van der Waals surface area contributed by atoms with Gasteiger partial charge < -0.3 is 4.90 Å². The molecule has 1 fully saturated rings. The van der Waals surface area contributed by atoms with E-state index in [4.69, 9.17) is 0 Å². The highest BCUT2D eigenvalue weighted by Crippen LogP contribution is 2.34. The quantitative estimate of drug-likeness (QED) is 0.772. The van der Waals surface area contributed by atoms with Crippen molar-refractivity contribution in [1.29, 1.82) is 0 Å². The van der Waals surface area contributed by atoms with Gasteiger partial charge >= 0.3 is 0 Å². The Balaban J connectivity index is 1.80. The molecule has 2 aromatic rings. The Bertz CT molecular complexity index is 1090. The van der Waals surface area contributed by atoms with E-state index in [2.05, 4.69) is 5.10 Å². The zero-order chi connectivity index (χ0) is 20.6. The number of rotatable bonds is 3. The van der Waals surface area contributed by atoms with E-state index in [1.54, 1.807) is 35.2 Å². The lowest BCUT2D eigenvalue weighted by Gasteiger charge is -2.31. The standard InChI is InChI=1S/C21H22FN3O3S/c1-15-9-10-19-18(13-15)25(14-16-7-3-4-8-17(16)22)23-20(29(19,27)28)21(26)24-11-5-2-6-12-24/h3-4,7-10,13H,2,5-6,11-12,14H2,1H3. The van der Waals surface area contributed by atoms with Gasteiger partial charge in [0.15, 0.2) is 0 Å². The Hall–Kier alpha value is -2.74. The number of hydrazone groups is 1. The van der Waals surface area contributed by atoms with E-state index in [1.807, 2.05) is 6.92 Å². The SMILES string of the molecule is Cc1ccc2c(c1)N(Cc1ccccc1F)N=C(C(=O)N1CCCCC1)S2(=O)=O. The highest BCUT2D eigenvalue weighted by atomic mass is 32.2. The van der Waals surface area contributed by atoms with E-state index in [1.165, 1.54) is 17.1 Å². The van der Waals surface area contributed by atoms with Crippen LogP contribution in [0.1, 0.15) is 30.4 Å². The van der Waals surface area contributed by atoms with E-state index in [9.17, 15) is 17.6 Å². The fraction of sp³-hybridized carbons (Fsp3) is 0.333. The molecule has 29 heavy (non-hydrogen) atoms. The van der Waals surface area contributed by atoms with Crippen LogP contribution in [0.2, 0.25) is 0 Å². The van der Waals surface area contributed by atoms with Gasteiger partial charge in [-0.15, -0.1) is 0 Å². The van der Waals surface area contributed by atoms with Gasteiger partial charge in [-0.2, -0.15) is 5.10 Å². The van der Waals surface area contributed by atoms with Crippen LogP contribution in [0.3, 0.4) is 0 Å². The Morgan fingerprint density at radius 1 is 1.10 bits per heavy atom. The van der Waals surface area contributed by atoms with Crippen LogP contribution in [0.4, 0.5) is 10.1 Å². The number of benzene rings is 2. The molecule has 4 rings (SSSR count). The molecule has 6 nitrogen and oxygen atoms in total. The smallest absolute Gasteiger partial charge is 0.286 e. The number of sulfone groups is 1. The van der Waals surface area contributed by atoms with Crippen LogP contribution >= 0.6 is 0 Å². The number of carbonyl (C=O) groups excluding carboxylic acids is 1.